The molecule has 0 nitrogen and oxygen atoms in total. The first kappa shape index (κ1) is 6.90. The molecule has 0 saturated heterocycles. The van der Waals surface area contributed by atoms with Gasteiger partial charge >= 0.3 is 0 Å². The van der Waals surface area contributed by atoms with E-state index in [0.29, 0.717) is 5.41 Å². The normalized spacial score (nSPS) is 25.9. The molecule has 0 aromatic heterocycles. The Morgan fingerprint density at radius 3 is 2.64 bits per heavy atom. The summed E-state index contributed by atoms with van der Waals surface area (Å²) in [6.45, 7) is 6.79. The minimum absolute atomic E-state index is 0.399. The van der Waals surface area contributed by atoms with Crippen molar-refractivity contribution in [2.75, 3.05) is 0 Å². The summed E-state index contributed by atoms with van der Waals surface area (Å²) in [6, 6.07) is 0. The minimum Gasteiger partial charge on any atom is -0.0707 e. The van der Waals surface area contributed by atoms with Crippen molar-refractivity contribution in [3.8, 4) is 0 Å². The highest BCUT2D eigenvalue weighted by molar-refractivity contribution is 5.58. The van der Waals surface area contributed by atoms with Gasteiger partial charge in [0.15, 0.2) is 0 Å². The van der Waals surface area contributed by atoms with E-state index in [4.69, 9.17) is 0 Å². The number of rotatable bonds is 0. The fraction of sp³-hybridized carbons (Fsp3) is 0.455. The maximum Gasteiger partial charge on any atom is -0.0125 e. The van der Waals surface area contributed by atoms with Gasteiger partial charge < -0.3 is 0 Å². The molecule has 0 aromatic carbocycles. The maximum atomic E-state index is 2.40. The van der Waals surface area contributed by atoms with Crippen LogP contribution in [0.3, 0.4) is 0 Å². The predicted octanol–water partition coefficient (Wildman–Crippen LogP) is 3.23. The lowest BCUT2D eigenvalue weighted by Gasteiger charge is -2.12. The molecular formula is C11H14. The summed E-state index contributed by atoms with van der Waals surface area (Å²) in [7, 11) is 0. The molecule has 0 bridgehead atoms. The first-order valence-corrected chi connectivity index (χ1v) is 4.20. The second-order valence-corrected chi connectivity index (χ2v) is 4.26. The molecule has 2 rings (SSSR count). The van der Waals surface area contributed by atoms with Gasteiger partial charge in [-0.3, -0.25) is 0 Å². The lowest BCUT2D eigenvalue weighted by Crippen LogP contribution is -2.01. The van der Waals surface area contributed by atoms with Crippen LogP contribution in [0.15, 0.2) is 34.9 Å². The lowest BCUT2D eigenvalue weighted by atomic mass is 9.92. The van der Waals surface area contributed by atoms with Gasteiger partial charge in [-0.25, -0.2) is 0 Å². The van der Waals surface area contributed by atoms with E-state index in [1.54, 1.807) is 0 Å². The third-order valence-corrected chi connectivity index (χ3v) is 2.49. The van der Waals surface area contributed by atoms with Crippen LogP contribution in [0.2, 0.25) is 0 Å². The van der Waals surface area contributed by atoms with Gasteiger partial charge in [0.05, 0.1) is 0 Å². The second kappa shape index (κ2) is 1.88. The quantitative estimate of drug-likeness (QED) is 0.492. The van der Waals surface area contributed by atoms with Gasteiger partial charge in [0.2, 0.25) is 0 Å². The fourth-order valence-corrected chi connectivity index (χ4v) is 1.95. The Labute approximate surface area is 68.3 Å². The van der Waals surface area contributed by atoms with E-state index in [1.807, 2.05) is 0 Å². The number of hydrogen-bond acceptors (Lipinski definition) is 0. The van der Waals surface area contributed by atoms with Gasteiger partial charge in [-0.15, -0.1) is 0 Å². The van der Waals surface area contributed by atoms with Gasteiger partial charge in [0.25, 0.3) is 0 Å². The van der Waals surface area contributed by atoms with Crippen molar-refractivity contribution in [3.63, 3.8) is 0 Å². The molecule has 0 heteroatoms. The van der Waals surface area contributed by atoms with Crippen molar-refractivity contribution in [2.24, 2.45) is 5.41 Å². The maximum absolute atomic E-state index is 2.40. The van der Waals surface area contributed by atoms with Crippen molar-refractivity contribution in [3.05, 3.63) is 34.9 Å². The second-order valence-electron chi connectivity index (χ2n) is 4.26. The fourth-order valence-electron chi connectivity index (χ4n) is 1.95. The molecule has 2 aliphatic carbocycles. The molecule has 11 heavy (non-hydrogen) atoms. The van der Waals surface area contributed by atoms with Crippen LogP contribution in [0.5, 0.6) is 0 Å². The zero-order chi connectivity index (χ0) is 8.06. The summed E-state index contributed by atoms with van der Waals surface area (Å²) in [5.41, 5.74) is 4.87. The average molecular weight is 146 g/mol. The Balaban J connectivity index is 2.43. The molecule has 0 radical (unpaired) electrons. The van der Waals surface area contributed by atoms with Crippen LogP contribution in [-0.4, -0.2) is 0 Å². The Kier molecular flexibility index (Phi) is 1.18. The standard InChI is InChI=1S/C11H14/c1-8-4-5-9-6-11(2,3)7-10(8)9/h4-5,7H,6H2,1-3H3. The average Bonchev–Trinajstić information content (AvgIpc) is 2.31. The molecule has 0 atom stereocenters. The molecule has 2 aliphatic rings. The van der Waals surface area contributed by atoms with E-state index in [2.05, 4.69) is 39.0 Å². The van der Waals surface area contributed by atoms with Crippen molar-refractivity contribution in [2.45, 2.75) is 27.2 Å². The highest BCUT2D eigenvalue weighted by Gasteiger charge is 2.28. The SMILES string of the molecule is CC1=CC=C2CC(C)(C)C=C12. The Hall–Kier alpha value is -0.780. The van der Waals surface area contributed by atoms with Gasteiger partial charge in [-0.05, 0) is 35.5 Å². The highest BCUT2D eigenvalue weighted by Crippen LogP contribution is 2.44. The van der Waals surface area contributed by atoms with E-state index >= 15 is 0 Å². The van der Waals surface area contributed by atoms with Gasteiger partial charge in [0.1, 0.15) is 0 Å². The number of hydrogen-bond donors (Lipinski definition) is 0. The molecule has 0 fully saturated rings. The number of fused-ring (bicyclic) bond motifs is 1. The topological polar surface area (TPSA) is 0 Å². The van der Waals surface area contributed by atoms with Crippen LogP contribution in [0.25, 0.3) is 0 Å². The van der Waals surface area contributed by atoms with E-state index < -0.39 is 0 Å². The summed E-state index contributed by atoms with van der Waals surface area (Å²) in [6.07, 6.45) is 8.10. The Bertz CT molecular complexity index is 285. The molecule has 0 heterocycles. The van der Waals surface area contributed by atoms with E-state index in [-0.39, 0.29) is 0 Å². The zero-order valence-corrected chi connectivity index (χ0v) is 7.44. The van der Waals surface area contributed by atoms with Crippen LogP contribution >= 0.6 is 0 Å². The summed E-state index contributed by atoms with van der Waals surface area (Å²) < 4.78 is 0. The third kappa shape index (κ3) is 0.973. The molecular weight excluding hydrogens is 132 g/mol. The monoisotopic (exact) mass is 146 g/mol. The van der Waals surface area contributed by atoms with E-state index in [9.17, 15) is 0 Å². The third-order valence-electron chi connectivity index (χ3n) is 2.49. The van der Waals surface area contributed by atoms with E-state index in [1.165, 1.54) is 23.1 Å². The first-order chi connectivity index (χ1) is 5.08. The number of allylic oxidation sites excluding steroid dienone is 6. The zero-order valence-electron chi connectivity index (χ0n) is 7.44. The summed E-state index contributed by atoms with van der Waals surface area (Å²) in [4.78, 5) is 0. The van der Waals surface area contributed by atoms with Gasteiger partial charge in [-0.1, -0.05) is 32.1 Å². The van der Waals surface area contributed by atoms with Crippen LogP contribution in [-0.2, 0) is 0 Å². The molecule has 0 aliphatic heterocycles. The van der Waals surface area contributed by atoms with Gasteiger partial charge in [-0.2, -0.15) is 0 Å². The largest absolute Gasteiger partial charge is 0.0707 e. The predicted molar refractivity (Wildman–Crippen MR) is 48.3 cm³/mol. The highest BCUT2D eigenvalue weighted by atomic mass is 14.3. The summed E-state index contributed by atoms with van der Waals surface area (Å²) >= 11 is 0. The Morgan fingerprint density at radius 2 is 2.00 bits per heavy atom. The van der Waals surface area contributed by atoms with Gasteiger partial charge in [0, 0.05) is 0 Å². The van der Waals surface area contributed by atoms with Crippen LogP contribution in [0.1, 0.15) is 27.2 Å². The molecule has 0 aromatic rings. The first-order valence-electron chi connectivity index (χ1n) is 4.20. The molecule has 0 spiro atoms. The Morgan fingerprint density at radius 1 is 1.27 bits per heavy atom. The van der Waals surface area contributed by atoms with Crippen LogP contribution in [0, 0.1) is 5.41 Å². The molecule has 0 N–H and O–H groups in total. The molecule has 0 saturated carbocycles. The molecule has 0 amide bonds. The van der Waals surface area contributed by atoms with Crippen molar-refractivity contribution in [1.29, 1.82) is 0 Å². The molecule has 58 valence electrons. The minimum atomic E-state index is 0.399. The lowest BCUT2D eigenvalue weighted by molar-refractivity contribution is 0.499. The summed E-state index contributed by atoms with van der Waals surface area (Å²) in [5, 5.41) is 0. The van der Waals surface area contributed by atoms with E-state index in [0.717, 1.165) is 0 Å². The smallest absolute Gasteiger partial charge is 0.0125 e. The van der Waals surface area contributed by atoms with Crippen molar-refractivity contribution < 1.29 is 0 Å². The van der Waals surface area contributed by atoms with Crippen molar-refractivity contribution in [1.82, 2.24) is 0 Å². The summed E-state index contributed by atoms with van der Waals surface area (Å²) in [5.74, 6) is 0. The molecule has 0 unspecified atom stereocenters. The van der Waals surface area contributed by atoms with Crippen molar-refractivity contribution >= 4 is 0 Å². The van der Waals surface area contributed by atoms with Crippen LogP contribution < -0.4 is 0 Å². The van der Waals surface area contributed by atoms with Crippen LogP contribution in [0.4, 0.5) is 0 Å².